The quantitative estimate of drug-likeness (QED) is 0.321. The summed E-state index contributed by atoms with van der Waals surface area (Å²) in [6.45, 7) is 32.0. The summed E-state index contributed by atoms with van der Waals surface area (Å²) in [5, 5.41) is 0. The van der Waals surface area contributed by atoms with Gasteiger partial charge in [-0.3, -0.25) is 0 Å². The van der Waals surface area contributed by atoms with Crippen LogP contribution in [0.4, 0.5) is 0 Å². The van der Waals surface area contributed by atoms with Gasteiger partial charge in [-0.2, -0.15) is 0 Å². The van der Waals surface area contributed by atoms with Gasteiger partial charge in [0.1, 0.15) is 0 Å². The molecule has 28 heavy (non-hydrogen) atoms. The van der Waals surface area contributed by atoms with Crippen molar-refractivity contribution >= 4 is 0 Å². The molecule has 0 aromatic rings. The molecule has 1 aliphatic carbocycles. The van der Waals surface area contributed by atoms with Crippen LogP contribution in [0.1, 0.15) is 181 Å². The average molecular weight is 484 g/mol. The Labute approximate surface area is 213 Å². The molecule has 1 saturated carbocycles. The SMILES string of the molecule is C1CCCCCCCCCC1.CC.CC.CC.CC.CC.CC.CC.CC.[Y]. The molecule has 0 unspecified atom stereocenters. The molecule has 0 nitrogen and oxygen atoms in total. The largest absolute Gasteiger partial charge is 0.0683 e. The van der Waals surface area contributed by atoms with E-state index < -0.39 is 0 Å². The van der Waals surface area contributed by atoms with Crippen LogP contribution in [0.15, 0.2) is 0 Å². The fourth-order valence-electron chi connectivity index (χ4n) is 1.94. The molecule has 0 aromatic heterocycles. The molecule has 1 heteroatoms. The molecule has 181 valence electrons. The van der Waals surface area contributed by atoms with Gasteiger partial charge in [0.05, 0.1) is 0 Å². The molecule has 1 fully saturated rings. The third-order valence-corrected chi connectivity index (χ3v) is 2.75. The first-order chi connectivity index (χ1) is 13.5. The maximum absolute atomic E-state index is 2.00. The molecule has 1 rings (SSSR count). The summed E-state index contributed by atoms with van der Waals surface area (Å²) in [6.07, 6.45) is 16.5. The zero-order chi connectivity index (χ0) is 23.8. The third-order valence-electron chi connectivity index (χ3n) is 2.75. The summed E-state index contributed by atoms with van der Waals surface area (Å²) in [5.41, 5.74) is 0. The van der Waals surface area contributed by atoms with Crippen molar-refractivity contribution in [3.05, 3.63) is 0 Å². The van der Waals surface area contributed by atoms with E-state index in [1.807, 2.05) is 111 Å². The Hall–Kier alpha value is 1.10. The summed E-state index contributed by atoms with van der Waals surface area (Å²) in [5.74, 6) is 0. The third kappa shape index (κ3) is 126. The molecule has 0 amide bonds. The molecular weight excluding hydrogens is 413 g/mol. The predicted molar refractivity (Wildman–Crippen MR) is 142 cm³/mol. The summed E-state index contributed by atoms with van der Waals surface area (Å²) >= 11 is 0. The molecular formula is C27H70Y. The van der Waals surface area contributed by atoms with E-state index in [1.165, 1.54) is 70.6 Å². The zero-order valence-electron chi connectivity index (χ0n) is 24.4. The average Bonchev–Trinajstić information content (AvgIpc) is 2.91. The van der Waals surface area contributed by atoms with Crippen molar-refractivity contribution in [2.75, 3.05) is 0 Å². The van der Waals surface area contributed by atoms with Gasteiger partial charge < -0.3 is 0 Å². The molecule has 0 heterocycles. The predicted octanol–water partition coefficient (Wildman–Crippen LogP) is 12.5. The van der Waals surface area contributed by atoms with Crippen molar-refractivity contribution in [1.82, 2.24) is 0 Å². The van der Waals surface area contributed by atoms with E-state index in [0.29, 0.717) is 0 Å². The van der Waals surface area contributed by atoms with Crippen LogP contribution in [0.25, 0.3) is 0 Å². The summed E-state index contributed by atoms with van der Waals surface area (Å²) in [7, 11) is 0. The second-order valence-electron chi connectivity index (χ2n) is 3.89. The van der Waals surface area contributed by atoms with E-state index >= 15 is 0 Å². The Morgan fingerprint density at radius 2 is 0.214 bits per heavy atom. The van der Waals surface area contributed by atoms with Gasteiger partial charge in [0.15, 0.2) is 0 Å². The van der Waals surface area contributed by atoms with Gasteiger partial charge in [-0.15, -0.1) is 0 Å². The summed E-state index contributed by atoms with van der Waals surface area (Å²) in [4.78, 5) is 0. The van der Waals surface area contributed by atoms with Gasteiger partial charge in [-0.05, 0) is 0 Å². The van der Waals surface area contributed by atoms with E-state index in [-0.39, 0.29) is 32.7 Å². The second-order valence-corrected chi connectivity index (χ2v) is 3.89. The number of hydrogen-bond acceptors (Lipinski definition) is 0. The van der Waals surface area contributed by atoms with Crippen molar-refractivity contribution in [2.45, 2.75) is 181 Å². The molecule has 0 atom stereocenters. The van der Waals surface area contributed by atoms with Gasteiger partial charge in [0, 0.05) is 32.7 Å². The smallest absolute Gasteiger partial charge is 0 e. The Morgan fingerprint density at radius 1 is 0.179 bits per heavy atom. The monoisotopic (exact) mass is 483 g/mol. The Balaban J connectivity index is -0.0000000259. The zero-order valence-corrected chi connectivity index (χ0v) is 27.2. The fraction of sp³-hybridized carbons (Fsp3) is 1.00. The van der Waals surface area contributed by atoms with E-state index in [0.717, 1.165) is 0 Å². The molecule has 0 saturated heterocycles. The molecule has 1 aliphatic rings. The first-order valence-corrected chi connectivity index (χ1v) is 13.5. The molecule has 0 bridgehead atoms. The standard InChI is InChI=1S/C11H22.8C2H6.Y/c1-2-4-6-8-10-11-9-7-5-3-1;8*1-2;/h1-11H2;8*1-2H3;. The first kappa shape index (κ1) is 56.9. The topological polar surface area (TPSA) is 0 Å². The van der Waals surface area contributed by atoms with Crippen LogP contribution in [-0.2, 0) is 32.7 Å². The van der Waals surface area contributed by atoms with Crippen molar-refractivity contribution in [2.24, 2.45) is 0 Å². The van der Waals surface area contributed by atoms with Gasteiger partial charge >= 0.3 is 0 Å². The normalized spacial score (nSPS) is 11.1. The maximum atomic E-state index is 2.00. The van der Waals surface area contributed by atoms with Gasteiger partial charge in [-0.25, -0.2) is 0 Å². The second kappa shape index (κ2) is 141. The maximum Gasteiger partial charge on any atom is 0 e. The van der Waals surface area contributed by atoms with Crippen LogP contribution < -0.4 is 0 Å². The van der Waals surface area contributed by atoms with E-state index in [9.17, 15) is 0 Å². The minimum atomic E-state index is 0. The van der Waals surface area contributed by atoms with Crippen LogP contribution in [0.2, 0.25) is 0 Å². The fourth-order valence-corrected chi connectivity index (χ4v) is 1.94. The molecule has 0 aromatic carbocycles. The van der Waals surface area contributed by atoms with Crippen molar-refractivity contribution in [3.8, 4) is 0 Å². The Morgan fingerprint density at radius 3 is 0.250 bits per heavy atom. The van der Waals surface area contributed by atoms with Crippen LogP contribution in [0, 0.1) is 0 Å². The minimum Gasteiger partial charge on any atom is -0.0683 e. The van der Waals surface area contributed by atoms with E-state index in [1.54, 1.807) is 0 Å². The van der Waals surface area contributed by atoms with Gasteiger partial charge in [-0.1, -0.05) is 181 Å². The number of rotatable bonds is 0. The number of hydrogen-bond donors (Lipinski definition) is 0. The van der Waals surface area contributed by atoms with Crippen LogP contribution in [0.5, 0.6) is 0 Å². The van der Waals surface area contributed by atoms with Gasteiger partial charge in [0.25, 0.3) is 0 Å². The molecule has 0 N–H and O–H groups in total. The van der Waals surface area contributed by atoms with Crippen LogP contribution >= 0.6 is 0 Å². The van der Waals surface area contributed by atoms with Crippen molar-refractivity contribution in [3.63, 3.8) is 0 Å². The van der Waals surface area contributed by atoms with Crippen LogP contribution in [-0.4, -0.2) is 0 Å². The van der Waals surface area contributed by atoms with Crippen molar-refractivity contribution < 1.29 is 32.7 Å². The first-order valence-electron chi connectivity index (χ1n) is 13.5. The Bertz CT molecular complexity index is 44.3. The molecule has 0 aliphatic heterocycles. The molecule has 1 radical (unpaired) electrons. The van der Waals surface area contributed by atoms with Crippen LogP contribution in [0.3, 0.4) is 0 Å². The molecule has 0 spiro atoms. The summed E-state index contributed by atoms with van der Waals surface area (Å²) < 4.78 is 0. The minimum absolute atomic E-state index is 0. The Kier molecular flexibility index (Phi) is 286. The summed E-state index contributed by atoms with van der Waals surface area (Å²) in [6, 6.07) is 0. The van der Waals surface area contributed by atoms with E-state index in [4.69, 9.17) is 0 Å². The van der Waals surface area contributed by atoms with E-state index in [2.05, 4.69) is 0 Å². The van der Waals surface area contributed by atoms with Gasteiger partial charge in [0.2, 0.25) is 0 Å². The van der Waals surface area contributed by atoms with Crippen molar-refractivity contribution in [1.29, 1.82) is 0 Å².